The Labute approximate surface area is 113 Å². The molecular formula is C17H27Si-. The highest BCUT2D eigenvalue weighted by atomic mass is 28.3. The number of rotatable bonds is 4. The minimum absolute atomic E-state index is 0.725. The molecule has 0 bridgehead atoms. The standard InChI is InChI=1S/C17H27Si/c1-12(2)18(13(3)4,14(5)6)17-11-10-15-8-7-9-16(15)17/h7-14,17H,1-6H3/q-1. The number of fused-ring (bicyclic) bond motifs is 1. The van der Waals surface area contributed by atoms with E-state index in [-0.39, 0.29) is 0 Å². The average molecular weight is 259 g/mol. The third kappa shape index (κ3) is 1.75. The zero-order valence-corrected chi connectivity index (χ0v) is 13.7. The Balaban J connectivity index is 2.53. The maximum absolute atomic E-state index is 2.51. The van der Waals surface area contributed by atoms with E-state index in [0.717, 1.165) is 22.2 Å². The second-order valence-electron chi connectivity index (χ2n) is 6.74. The lowest BCUT2D eigenvalue weighted by Gasteiger charge is -2.49. The van der Waals surface area contributed by atoms with Crippen molar-refractivity contribution in [3.05, 3.63) is 35.4 Å². The Morgan fingerprint density at radius 3 is 2.06 bits per heavy atom. The van der Waals surface area contributed by atoms with Crippen molar-refractivity contribution in [2.45, 2.75) is 63.7 Å². The first-order valence-electron chi connectivity index (χ1n) is 7.36. The van der Waals surface area contributed by atoms with Gasteiger partial charge in [0, 0.05) is 0 Å². The van der Waals surface area contributed by atoms with E-state index in [0.29, 0.717) is 0 Å². The van der Waals surface area contributed by atoms with Crippen LogP contribution >= 0.6 is 0 Å². The summed E-state index contributed by atoms with van der Waals surface area (Å²) in [7, 11) is -1.40. The van der Waals surface area contributed by atoms with Crippen LogP contribution in [0.1, 0.15) is 58.2 Å². The summed E-state index contributed by atoms with van der Waals surface area (Å²) in [5, 5.41) is 0. The van der Waals surface area contributed by atoms with E-state index in [4.69, 9.17) is 0 Å². The first-order valence-corrected chi connectivity index (χ1v) is 9.67. The lowest BCUT2D eigenvalue weighted by molar-refractivity contribution is 0.778. The highest BCUT2D eigenvalue weighted by Gasteiger charge is 2.47. The Morgan fingerprint density at radius 2 is 1.56 bits per heavy atom. The summed E-state index contributed by atoms with van der Waals surface area (Å²) >= 11 is 0. The van der Waals surface area contributed by atoms with Crippen LogP contribution in [0, 0.1) is 0 Å². The van der Waals surface area contributed by atoms with E-state index in [1.165, 1.54) is 5.56 Å². The van der Waals surface area contributed by atoms with Crippen molar-refractivity contribution in [1.82, 2.24) is 0 Å². The Bertz CT molecular complexity index is 412. The van der Waals surface area contributed by atoms with Crippen LogP contribution in [0.15, 0.2) is 24.3 Å². The van der Waals surface area contributed by atoms with Gasteiger partial charge in [-0.2, -0.15) is 18.2 Å². The number of hydrogen-bond donors (Lipinski definition) is 0. The zero-order valence-electron chi connectivity index (χ0n) is 12.7. The number of allylic oxidation sites excluding steroid dienone is 1. The van der Waals surface area contributed by atoms with Crippen LogP contribution in [0.5, 0.6) is 0 Å². The molecule has 1 heteroatoms. The molecule has 0 heterocycles. The van der Waals surface area contributed by atoms with Gasteiger partial charge in [-0.3, -0.25) is 0 Å². The predicted octanol–water partition coefficient (Wildman–Crippen LogP) is 5.73. The van der Waals surface area contributed by atoms with Gasteiger partial charge in [-0.25, -0.2) is 0 Å². The van der Waals surface area contributed by atoms with E-state index < -0.39 is 8.07 Å². The molecule has 0 N–H and O–H groups in total. The van der Waals surface area contributed by atoms with Crippen molar-refractivity contribution in [2.75, 3.05) is 0 Å². The SMILES string of the molecule is CC(C)[Si](C(C)C)(C(C)C)C1C=C[c-]2cccc21. The van der Waals surface area contributed by atoms with Crippen molar-refractivity contribution in [2.24, 2.45) is 0 Å². The molecule has 1 aromatic rings. The summed E-state index contributed by atoms with van der Waals surface area (Å²) in [4.78, 5) is 0. The molecule has 1 aliphatic carbocycles. The maximum Gasteiger partial charge on any atom is 0.0622 e. The lowest BCUT2D eigenvalue weighted by atomic mass is 10.2. The number of hydrogen-bond acceptors (Lipinski definition) is 0. The van der Waals surface area contributed by atoms with Gasteiger partial charge >= 0.3 is 0 Å². The molecule has 0 radical (unpaired) electrons. The average Bonchev–Trinajstić information content (AvgIpc) is 2.80. The summed E-state index contributed by atoms with van der Waals surface area (Å²) in [6, 6.07) is 6.85. The van der Waals surface area contributed by atoms with Gasteiger partial charge in [-0.15, -0.1) is 23.3 Å². The largest absolute Gasteiger partial charge is 0.174 e. The quantitative estimate of drug-likeness (QED) is 0.478. The van der Waals surface area contributed by atoms with Crippen LogP contribution in [0.3, 0.4) is 0 Å². The van der Waals surface area contributed by atoms with Crippen LogP contribution in [-0.4, -0.2) is 8.07 Å². The molecule has 0 nitrogen and oxygen atoms in total. The lowest BCUT2D eigenvalue weighted by Crippen LogP contribution is -2.49. The first-order chi connectivity index (χ1) is 8.42. The van der Waals surface area contributed by atoms with E-state index >= 15 is 0 Å². The second kappa shape index (κ2) is 4.77. The molecule has 100 valence electrons. The topological polar surface area (TPSA) is 0 Å². The van der Waals surface area contributed by atoms with E-state index in [9.17, 15) is 0 Å². The van der Waals surface area contributed by atoms with Crippen molar-refractivity contribution >= 4 is 14.1 Å². The molecule has 2 rings (SSSR count). The molecule has 0 aliphatic heterocycles. The van der Waals surface area contributed by atoms with E-state index in [1.807, 2.05) is 0 Å². The molecule has 0 saturated carbocycles. The molecule has 1 aliphatic rings. The fourth-order valence-corrected chi connectivity index (χ4v) is 12.1. The summed E-state index contributed by atoms with van der Waals surface area (Å²) in [5.41, 5.74) is 6.29. The normalized spacial score (nSPS) is 19.3. The van der Waals surface area contributed by atoms with Gasteiger partial charge in [0.25, 0.3) is 0 Å². The third-order valence-electron chi connectivity index (χ3n) is 5.23. The molecule has 0 spiro atoms. The van der Waals surface area contributed by atoms with Gasteiger partial charge in [-0.05, 0) is 0 Å². The van der Waals surface area contributed by atoms with Crippen molar-refractivity contribution in [3.63, 3.8) is 0 Å². The Kier molecular flexibility index (Phi) is 3.64. The predicted molar refractivity (Wildman–Crippen MR) is 84.9 cm³/mol. The zero-order chi connectivity index (χ0) is 13.5. The minimum Gasteiger partial charge on any atom is -0.174 e. The molecule has 1 aromatic carbocycles. The van der Waals surface area contributed by atoms with Gasteiger partial charge < -0.3 is 0 Å². The molecule has 1 atom stereocenters. The molecule has 18 heavy (non-hydrogen) atoms. The first kappa shape index (κ1) is 13.7. The van der Waals surface area contributed by atoms with E-state index in [2.05, 4.69) is 71.9 Å². The fourth-order valence-electron chi connectivity index (χ4n) is 4.70. The molecule has 0 amide bonds. The summed E-state index contributed by atoms with van der Waals surface area (Å²) in [6.45, 7) is 14.8. The van der Waals surface area contributed by atoms with Gasteiger partial charge in [0.05, 0.1) is 8.07 Å². The van der Waals surface area contributed by atoms with Gasteiger partial charge in [0.2, 0.25) is 0 Å². The smallest absolute Gasteiger partial charge is 0.0622 e. The highest BCUT2D eigenvalue weighted by Crippen LogP contribution is 2.53. The third-order valence-corrected chi connectivity index (χ3v) is 12.8. The fraction of sp³-hybridized carbons (Fsp3) is 0.588. The highest BCUT2D eigenvalue weighted by molar-refractivity contribution is 6.85. The summed E-state index contributed by atoms with van der Waals surface area (Å²) in [5.74, 6) is 0. The summed E-state index contributed by atoms with van der Waals surface area (Å²) in [6.07, 6.45) is 4.87. The molecule has 1 unspecified atom stereocenters. The van der Waals surface area contributed by atoms with Crippen LogP contribution < -0.4 is 0 Å². The maximum atomic E-state index is 2.51. The van der Waals surface area contributed by atoms with E-state index in [1.54, 1.807) is 5.56 Å². The molecule has 0 fully saturated rings. The Hall–Kier alpha value is -0.693. The van der Waals surface area contributed by atoms with Crippen LogP contribution in [0.25, 0.3) is 6.08 Å². The monoisotopic (exact) mass is 259 g/mol. The minimum atomic E-state index is -1.40. The van der Waals surface area contributed by atoms with Crippen molar-refractivity contribution < 1.29 is 0 Å². The van der Waals surface area contributed by atoms with Crippen molar-refractivity contribution in [1.29, 1.82) is 0 Å². The van der Waals surface area contributed by atoms with Gasteiger partial charge in [0.1, 0.15) is 0 Å². The molecular weight excluding hydrogens is 232 g/mol. The van der Waals surface area contributed by atoms with Crippen LogP contribution in [0.4, 0.5) is 0 Å². The van der Waals surface area contributed by atoms with Crippen molar-refractivity contribution in [3.8, 4) is 0 Å². The second-order valence-corrected chi connectivity index (χ2v) is 12.8. The molecule has 0 aromatic heterocycles. The van der Waals surface area contributed by atoms with Gasteiger partial charge in [0.15, 0.2) is 0 Å². The van der Waals surface area contributed by atoms with Crippen LogP contribution in [-0.2, 0) is 0 Å². The summed E-state index contributed by atoms with van der Waals surface area (Å²) < 4.78 is 0. The molecule has 0 saturated heterocycles. The van der Waals surface area contributed by atoms with Gasteiger partial charge in [-0.1, -0.05) is 63.7 Å². The Morgan fingerprint density at radius 1 is 1.00 bits per heavy atom. The van der Waals surface area contributed by atoms with Crippen LogP contribution in [0.2, 0.25) is 16.6 Å².